The minimum atomic E-state index is -0.882. The second kappa shape index (κ2) is 6.65. The van der Waals surface area contributed by atoms with Gasteiger partial charge in [0, 0.05) is 12.2 Å². The van der Waals surface area contributed by atoms with Gasteiger partial charge in [-0.25, -0.2) is 0 Å². The molecule has 4 heteroatoms. The zero-order chi connectivity index (χ0) is 16.1. The lowest BCUT2D eigenvalue weighted by Gasteiger charge is -2.15. The molecule has 4 nitrogen and oxygen atoms in total. The van der Waals surface area contributed by atoms with E-state index in [1.165, 1.54) is 5.56 Å². The third kappa shape index (κ3) is 3.59. The predicted octanol–water partition coefficient (Wildman–Crippen LogP) is 2.76. The molecular formula is C19H20N2O2. The Labute approximate surface area is 135 Å². The number of hydrogen-bond donors (Lipinski definition) is 2. The van der Waals surface area contributed by atoms with Crippen LogP contribution in [0.2, 0.25) is 0 Å². The second-order valence-corrected chi connectivity index (χ2v) is 5.89. The molecule has 2 aromatic rings. The van der Waals surface area contributed by atoms with Crippen LogP contribution in [0, 0.1) is 5.41 Å². The van der Waals surface area contributed by atoms with Gasteiger partial charge in [0.1, 0.15) is 5.41 Å². The van der Waals surface area contributed by atoms with Crippen molar-refractivity contribution in [2.75, 3.05) is 11.9 Å². The summed E-state index contributed by atoms with van der Waals surface area (Å²) in [7, 11) is 0. The quantitative estimate of drug-likeness (QED) is 0.806. The van der Waals surface area contributed by atoms with Gasteiger partial charge in [-0.15, -0.1) is 0 Å². The summed E-state index contributed by atoms with van der Waals surface area (Å²) in [6.07, 6.45) is 1.99. The number of para-hydroxylation sites is 1. The zero-order valence-corrected chi connectivity index (χ0v) is 12.9. The number of carbonyl (C=O) groups is 2. The Balaban J connectivity index is 1.53. The van der Waals surface area contributed by atoms with Crippen LogP contribution in [-0.2, 0) is 16.0 Å². The number of nitrogens with one attached hydrogen (secondary N) is 2. The molecule has 0 aromatic heterocycles. The molecule has 3 rings (SSSR count). The van der Waals surface area contributed by atoms with E-state index < -0.39 is 5.41 Å². The van der Waals surface area contributed by atoms with Crippen LogP contribution >= 0.6 is 0 Å². The number of amides is 2. The van der Waals surface area contributed by atoms with Crippen LogP contribution in [0.25, 0.3) is 0 Å². The van der Waals surface area contributed by atoms with Crippen LogP contribution < -0.4 is 10.6 Å². The number of carbonyl (C=O) groups excluding carboxylic acids is 2. The molecule has 0 saturated heterocycles. The summed E-state index contributed by atoms with van der Waals surface area (Å²) in [5, 5.41) is 5.73. The minimum Gasteiger partial charge on any atom is -0.355 e. The number of anilines is 1. The van der Waals surface area contributed by atoms with E-state index in [1.807, 2.05) is 60.7 Å². The molecule has 0 radical (unpaired) electrons. The lowest BCUT2D eigenvalue weighted by atomic mass is 10.0. The third-order valence-corrected chi connectivity index (χ3v) is 4.19. The standard InChI is InChI=1S/C19H20N2O2/c22-17(20-14-11-15-7-3-1-4-8-15)19(12-13-19)18(23)21-16-9-5-2-6-10-16/h1-10H,11-14H2,(H,20,22)(H,21,23). The molecule has 118 valence electrons. The SMILES string of the molecule is O=C(NCCc1ccccc1)C1(C(=O)Nc2ccccc2)CC1. The number of hydrogen-bond acceptors (Lipinski definition) is 2. The monoisotopic (exact) mass is 308 g/mol. The summed E-state index contributed by atoms with van der Waals surface area (Å²) < 4.78 is 0. The number of rotatable bonds is 6. The van der Waals surface area contributed by atoms with Gasteiger partial charge in [0.05, 0.1) is 0 Å². The van der Waals surface area contributed by atoms with E-state index in [0.717, 1.165) is 12.1 Å². The first-order chi connectivity index (χ1) is 11.2. The topological polar surface area (TPSA) is 58.2 Å². The summed E-state index contributed by atoms with van der Waals surface area (Å²) >= 11 is 0. The summed E-state index contributed by atoms with van der Waals surface area (Å²) in [5.74, 6) is -0.372. The van der Waals surface area contributed by atoms with Crippen molar-refractivity contribution in [3.05, 3.63) is 66.2 Å². The molecule has 1 aliphatic carbocycles. The summed E-state index contributed by atoms with van der Waals surface area (Å²) in [6.45, 7) is 0.545. The molecule has 2 N–H and O–H groups in total. The van der Waals surface area contributed by atoms with Crippen LogP contribution in [-0.4, -0.2) is 18.4 Å². The Morgan fingerprint density at radius 1 is 0.870 bits per heavy atom. The van der Waals surface area contributed by atoms with Crippen LogP contribution in [0.4, 0.5) is 5.69 Å². The fourth-order valence-corrected chi connectivity index (χ4v) is 2.59. The van der Waals surface area contributed by atoms with Gasteiger partial charge in [-0.1, -0.05) is 48.5 Å². The van der Waals surface area contributed by atoms with E-state index in [-0.39, 0.29) is 11.8 Å². The Morgan fingerprint density at radius 2 is 1.48 bits per heavy atom. The van der Waals surface area contributed by atoms with Crippen molar-refractivity contribution in [2.24, 2.45) is 5.41 Å². The third-order valence-electron chi connectivity index (χ3n) is 4.19. The highest BCUT2D eigenvalue weighted by atomic mass is 16.2. The first-order valence-electron chi connectivity index (χ1n) is 7.89. The molecule has 2 aromatic carbocycles. The van der Waals surface area contributed by atoms with Gasteiger partial charge >= 0.3 is 0 Å². The maximum absolute atomic E-state index is 12.4. The Kier molecular flexibility index (Phi) is 4.42. The predicted molar refractivity (Wildman–Crippen MR) is 89.9 cm³/mol. The van der Waals surface area contributed by atoms with Crippen molar-refractivity contribution >= 4 is 17.5 Å². The van der Waals surface area contributed by atoms with Crippen LogP contribution in [0.5, 0.6) is 0 Å². The van der Waals surface area contributed by atoms with Crippen LogP contribution in [0.3, 0.4) is 0 Å². The van der Waals surface area contributed by atoms with Gasteiger partial charge in [0.2, 0.25) is 11.8 Å². The molecule has 23 heavy (non-hydrogen) atoms. The maximum Gasteiger partial charge on any atom is 0.240 e. The van der Waals surface area contributed by atoms with Crippen molar-refractivity contribution in [3.8, 4) is 0 Å². The van der Waals surface area contributed by atoms with Gasteiger partial charge in [-0.05, 0) is 37.0 Å². The van der Waals surface area contributed by atoms with E-state index in [9.17, 15) is 9.59 Å². The first-order valence-corrected chi connectivity index (χ1v) is 7.89. The fraction of sp³-hybridized carbons (Fsp3) is 0.263. The van der Waals surface area contributed by atoms with Gasteiger partial charge in [-0.2, -0.15) is 0 Å². The largest absolute Gasteiger partial charge is 0.355 e. The van der Waals surface area contributed by atoms with Gasteiger partial charge in [0.15, 0.2) is 0 Å². The van der Waals surface area contributed by atoms with E-state index >= 15 is 0 Å². The maximum atomic E-state index is 12.4. The highest BCUT2D eigenvalue weighted by molar-refractivity contribution is 6.13. The molecule has 0 atom stereocenters. The van der Waals surface area contributed by atoms with Crippen molar-refractivity contribution in [2.45, 2.75) is 19.3 Å². The molecule has 0 heterocycles. The van der Waals surface area contributed by atoms with E-state index in [2.05, 4.69) is 10.6 Å². The average Bonchev–Trinajstić information content (AvgIpc) is 3.39. The van der Waals surface area contributed by atoms with Gasteiger partial charge in [-0.3, -0.25) is 9.59 Å². The van der Waals surface area contributed by atoms with E-state index in [0.29, 0.717) is 19.4 Å². The first kappa shape index (κ1) is 15.3. The Bertz CT molecular complexity index is 679. The minimum absolute atomic E-state index is 0.165. The summed E-state index contributed by atoms with van der Waals surface area (Å²) in [6, 6.07) is 19.2. The normalized spacial score (nSPS) is 14.8. The lowest BCUT2D eigenvalue weighted by molar-refractivity contribution is -0.134. The highest BCUT2D eigenvalue weighted by Gasteiger charge is 2.56. The van der Waals surface area contributed by atoms with Crippen LogP contribution in [0.15, 0.2) is 60.7 Å². The molecule has 0 bridgehead atoms. The second-order valence-electron chi connectivity index (χ2n) is 5.89. The average molecular weight is 308 g/mol. The molecule has 0 unspecified atom stereocenters. The van der Waals surface area contributed by atoms with Crippen LogP contribution in [0.1, 0.15) is 18.4 Å². The smallest absolute Gasteiger partial charge is 0.240 e. The zero-order valence-electron chi connectivity index (χ0n) is 12.9. The van der Waals surface area contributed by atoms with E-state index in [1.54, 1.807) is 0 Å². The fourth-order valence-electron chi connectivity index (χ4n) is 2.59. The van der Waals surface area contributed by atoms with Crippen molar-refractivity contribution in [1.29, 1.82) is 0 Å². The van der Waals surface area contributed by atoms with Crippen molar-refractivity contribution < 1.29 is 9.59 Å². The molecule has 1 fully saturated rings. The molecule has 0 spiro atoms. The summed E-state index contributed by atoms with van der Waals surface area (Å²) in [5.41, 5.74) is 1.01. The number of benzene rings is 2. The highest BCUT2D eigenvalue weighted by Crippen LogP contribution is 2.46. The van der Waals surface area contributed by atoms with Crippen molar-refractivity contribution in [1.82, 2.24) is 5.32 Å². The molecular weight excluding hydrogens is 288 g/mol. The van der Waals surface area contributed by atoms with Gasteiger partial charge < -0.3 is 10.6 Å². The Hall–Kier alpha value is -2.62. The molecule has 0 aliphatic heterocycles. The van der Waals surface area contributed by atoms with E-state index in [4.69, 9.17) is 0 Å². The molecule has 2 amide bonds. The molecule has 1 saturated carbocycles. The summed E-state index contributed by atoms with van der Waals surface area (Å²) in [4.78, 5) is 24.8. The van der Waals surface area contributed by atoms with Crippen molar-refractivity contribution in [3.63, 3.8) is 0 Å². The Morgan fingerprint density at radius 3 is 2.09 bits per heavy atom. The molecule has 1 aliphatic rings. The lowest BCUT2D eigenvalue weighted by Crippen LogP contribution is -2.40. The van der Waals surface area contributed by atoms with Gasteiger partial charge in [0.25, 0.3) is 0 Å².